The smallest absolute Gasteiger partial charge is 0.414 e. The molecule has 1 fully saturated rings. The number of amides is 1. The second-order valence-electron chi connectivity index (χ2n) is 7.91. The summed E-state index contributed by atoms with van der Waals surface area (Å²) in [5.74, 6) is -0.499. The van der Waals surface area contributed by atoms with Crippen molar-refractivity contribution in [1.29, 1.82) is 0 Å². The Bertz CT molecular complexity index is 860. The van der Waals surface area contributed by atoms with Gasteiger partial charge in [0.05, 0.1) is 36.2 Å². The van der Waals surface area contributed by atoms with E-state index in [2.05, 4.69) is 10.3 Å². The maximum atomic E-state index is 14.6. The van der Waals surface area contributed by atoms with Crippen molar-refractivity contribution in [3.8, 4) is 0 Å². The third kappa shape index (κ3) is 4.59. The Morgan fingerprint density at radius 2 is 2.07 bits per heavy atom. The lowest BCUT2D eigenvalue weighted by Crippen LogP contribution is -2.50. The summed E-state index contributed by atoms with van der Waals surface area (Å²) in [6.45, 7) is 8.22. The van der Waals surface area contributed by atoms with Gasteiger partial charge in [0.25, 0.3) is 0 Å². The Morgan fingerprint density at radius 1 is 1.31 bits per heavy atom. The molecule has 10 heteroatoms. The summed E-state index contributed by atoms with van der Waals surface area (Å²) < 4.78 is 32.8. The Balaban J connectivity index is 1.65. The molecule has 1 aromatic heterocycles. The minimum absolute atomic E-state index is 0.278. The lowest BCUT2D eigenvalue weighted by atomic mass is 9.82. The zero-order valence-corrected chi connectivity index (χ0v) is 17.3. The molecule has 3 rings (SSSR count). The van der Waals surface area contributed by atoms with E-state index in [1.165, 1.54) is 18.4 Å². The number of rotatable bonds is 8. The van der Waals surface area contributed by atoms with Crippen molar-refractivity contribution in [2.45, 2.75) is 51.5 Å². The first-order chi connectivity index (χ1) is 13.6. The minimum atomic E-state index is -0.680. The molecule has 0 aliphatic carbocycles. The minimum Gasteiger partial charge on any atom is -0.442 e. The number of ether oxygens (including phenoxy) is 2. The van der Waals surface area contributed by atoms with Gasteiger partial charge >= 0.3 is 13.6 Å². The Kier molecular flexibility index (Phi) is 5.95. The van der Waals surface area contributed by atoms with Crippen molar-refractivity contribution in [2.75, 3.05) is 18.6 Å². The zero-order chi connectivity index (χ0) is 21.2. The molecule has 8 nitrogen and oxygen atoms in total. The first kappa shape index (κ1) is 21.3. The van der Waals surface area contributed by atoms with Crippen molar-refractivity contribution in [3.63, 3.8) is 0 Å². The highest BCUT2D eigenvalue weighted by molar-refractivity contribution is 6.47. The van der Waals surface area contributed by atoms with Crippen LogP contribution < -0.4 is 10.4 Å². The molecule has 155 valence electrons. The molecule has 1 atom stereocenters. The molecule has 2 aromatic rings. The fraction of sp³-hybridized carbons (Fsp3) is 0.526. The van der Waals surface area contributed by atoms with Gasteiger partial charge in [0.2, 0.25) is 0 Å². The molecular formula is C19H25BFN4O4. The van der Waals surface area contributed by atoms with Gasteiger partial charge in [0, 0.05) is 13.3 Å². The molecule has 29 heavy (non-hydrogen) atoms. The molecule has 1 saturated heterocycles. The zero-order valence-electron chi connectivity index (χ0n) is 17.3. The van der Waals surface area contributed by atoms with Crippen LogP contribution in [0.25, 0.3) is 0 Å². The van der Waals surface area contributed by atoms with Gasteiger partial charge in [-0.2, -0.15) is 0 Å². The van der Waals surface area contributed by atoms with Gasteiger partial charge in [-0.25, -0.2) is 13.9 Å². The lowest BCUT2D eigenvalue weighted by molar-refractivity contribution is -0.114. The predicted molar refractivity (Wildman–Crippen MR) is 106 cm³/mol. The third-order valence-corrected chi connectivity index (χ3v) is 5.47. The lowest BCUT2D eigenvalue weighted by Gasteiger charge is -2.40. The maximum absolute atomic E-state index is 14.6. The number of hydrogen-bond acceptors (Lipinski definition) is 6. The third-order valence-electron chi connectivity index (χ3n) is 5.47. The van der Waals surface area contributed by atoms with Crippen LogP contribution in [0.3, 0.4) is 0 Å². The average Bonchev–Trinajstić information content (AvgIpc) is 3.30. The van der Waals surface area contributed by atoms with E-state index in [0.29, 0.717) is 18.8 Å². The molecule has 0 unspecified atom stereocenters. The van der Waals surface area contributed by atoms with Gasteiger partial charge in [-0.05, 0) is 45.3 Å². The molecule has 0 saturated carbocycles. The molecular weight excluding hydrogens is 378 g/mol. The van der Waals surface area contributed by atoms with Gasteiger partial charge in [-0.15, -0.1) is 5.10 Å². The quantitative estimate of drug-likeness (QED) is 0.627. The monoisotopic (exact) mass is 403 g/mol. The van der Waals surface area contributed by atoms with Crippen LogP contribution in [0.1, 0.15) is 27.7 Å². The summed E-state index contributed by atoms with van der Waals surface area (Å²) in [5.41, 5.74) is -0.555. The van der Waals surface area contributed by atoms with E-state index in [1.54, 1.807) is 36.3 Å². The van der Waals surface area contributed by atoms with Crippen molar-refractivity contribution < 1.29 is 23.3 Å². The normalized spacial score (nSPS) is 17.5. The highest BCUT2D eigenvalue weighted by Crippen LogP contribution is 2.28. The number of carbonyl (C=O) groups is 1. The maximum Gasteiger partial charge on any atom is 0.414 e. The van der Waals surface area contributed by atoms with E-state index in [-0.39, 0.29) is 11.6 Å². The van der Waals surface area contributed by atoms with Crippen molar-refractivity contribution in [1.82, 2.24) is 15.0 Å². The molecule has 1 aromatic carbocycles. The number of anilines is 1. The number of methoxy groups -OCH3 is 1. The summed E-state index contributed by atoms with van der Waals surface area (Å²) in [4.78, 5) is 13.6. The second-order valence-corrected chi connectivity index (χ2v) is 7.91. The topological polar surface area (TPSA) is 78.7 Å². The Morgan fingerprint density at radius 3 is 2.69 bits per heavy atom. The molecule has 1 aliphatic heterocycles. The van der Waals surface area contributed by atoms with Crippen LogP contribution in [-0.2, 0) is 20.7 Å². The molecule has 0 N–H and O–H groups in total. The Hall–Kier alpha value is -2.46. The van der Waals surface area contributed by atoms with E-state index in [4.69, 9.17) is 14.1 Å². The van der Waals surface area contributed by atoms with E-state index in [1.807, 2.05) is 27.7 Å². The highest BCUT2D eigenvalue weighted by Gasteiger charge is 2.38. The second kappa shape index (κ2) is 8.12. The van der Waals surface area contributed by atoms with Crippen molar-refractivity contribution in [3.05, 3.63) is 36.4 Å². The van der Waals surface area contributed by atoms with E-state index < -0.39 is 23.1 Å². The summed E-state index contributed by atoms with van der Waals surface area (Å²) in [6, 6.07) is 4.52. The number of nitrogens with zero attached hydrogens (tertiary/aromatic N) is 4. The molecule has 0 bridgehead atoms. The summed E-state index contributed by atoms with van der Waals surface area (Å²) in [7, 11) is 2.97. The fourth-order valence-electron chi connectivity index (χ4n) is 2.74. The van der Waals surface area contributed by atoms with Gasteiger partial charge in [0.1, 0.15) is 11.9 Å². The van der Waals surface area contributed by atoms with Gasteiger partial charge in [-0.3, -0.25) is 4.90 Å². The predicted octanol–water partition coefficient (Wildman–Crippen LogP) is 1.91. The first-order valence-corrected chi connectivity index (χ1v) is 9.31. The van der Waals surface area contributed by atoms with E-state index >= 15 is 0 Å². The van der Waals surface area contributed by atoms with Crippen molar-refractivity contribution in [2.24, 2.45) is 0 Å². The molecule has 0 spiro atoms. The SMILES string of the molecule is COC(C)(C)C(C)(C)O[B]c1ccc(N2C[C@H](Cn3ccnn3)OC2=O)cc1F. The van der Waals surface area contributed by atoms with Crippen LogP contribution in [0.5, 0.6) is 0 Å². The molecule has 1 aliphatic rings. The number of cyclic esters (lactones) is 1. The van der Waals surface area contributed by atoms with Crippen LogP contribution in [0.4, 0.5) is 14.9 Å². The Labute approximate surface area is 170 Å². The number of halogens is 1. The van der Waals surface area contributed by atoms with Gasteiger partial charge < -0.3 is 14.1 Å². The molecule has 1 radical (unpaired) electrons. The summed E-state index contributed by atoms with van der Waals surface area (Å²) in [5, 5.41) is 7.58. The number of hydrogen-bond donors (Lipinski definition) is 0. The van der Waals surface area contributed by atoms with Crippen LogP contribution in [0.2, 0.25) is 0 Å². The summed E-state index contributed by atoms with van der Waals surface area (Å²) in [6.07, 6.45) is 2.33. The first-order valence-electron chi connectivity index (χ1n) is 9.31. The standard InChI is InChI=1S/C19H25BFN4O4/c1-18(2,27-5)19(3,4)29-20-15-7-6-13(10-16(15)21)25-12-14(28-17(25)26)11-24-9-8-22-23-24/h6-10,14H,11-12H2,1-5H3/t14-/m0/s1. The fourth-order valence-corrected chi connectivity index (χ4v) is 2.74. The van der Waals surface area contributed by atoms with E-state index in [9.17, 15) is 9.18 Å². The van der Waals surface area contributed by atoms with Gasteiger partial charge in [-0.1, -0.05) is 11.3 Å². The van der Waals surface area contributed by atoms with Crippen LogP contribution in [0, 0.1) is 5.82 Å². The summed E-state index contributed by atoms with van der Waals surface area (Å²) >= 11 is 0. The van der Waals surface area contributed by atoms with E-state index in [0.717, 1.165) is 0 Å². The number of benzene rings is 1. The number of carbonyl (C=O) groups excluding carboxylic acids is 1. The molecule has 1 amide bonds. The van der Waals surface area contributed by atoms with Crippen LogP contribution >= 0.6 is 0 Å². The van der Waals surface area contributed by atoms with Crippen molar-refractivity contribution >= 4 is 24.7 Å². The van der Waals surface area contributed by atoms with Crippen LogP contribution in [0.15, 0.2) is 30.6 Å². The number of aromatic nitrogens is 3. The van der Waals surface area contributed by atoms with Crippen LogP contribution in [-0.4, -0.2) is 59.5 Å². The largest absolute Gasteiger partial charge is 0.442 e. The van der Waals surface area contributed by atoms with Gasteiger partial charge in [0.15, 0.2) is 0 Å². The molecule has 2 heterocycles. The average molecular weight is 403 g/mol. The highest BCUT2D eigenvalue weighted by atomic mass is 19.1.